The summed E-state index contributed by atoms with van der Waals surface area (Å²) >= 11 is 0. The highest BCUT2D eigenvalue weighted by molar-refractivity contribution is 7.86. The molecule has 2 aromatic carbocycles. The van der Waals surface area contributed by atoms with Gasteiger partial charge in [0.15, 0.2) is 0 Å². The van der Waals surface area contributed by atoms with Crippen molar-refractivity contribution in [3.63, 3.8) is 0 Å². The highest BCUT2D eigenvalue weighted by atomic mass is 32.3. The molecule has 0 saturated carbocycles. The quantitative estimate of drug-likeness (QED) is 0.551. The van der Waals surface area contributed by atoms with Gasteiger partial charge in [-0.1, -0.05) is 42.5 Å². The fraction of sp³-hybridized carbons (Fsp3) is 0.348. The second kappa shape index (κ2) is 11.6. The van der Waals surface area contributed by atoms with Gasteiger partial charge in [-0.05, 0) is 36.1 Å². The van der Waals surface area contributed by atoms with Crippen molar-refractivity contribution in [2.45, 2.75) is 31.9 Å². The average Bonchev–Trinajstić information content (AvgIpc) is 2.83. The van der Waals surface area contributed by atoms with E-state index < -0.39 is 28.3 Å². The Morgan fingerprint density at radius 2 is 1.88 bits per heavy atom. The molecule has 1 aliphatic heterocycles. The van der Waals surface area contributed by atoms with Gasteiger partial charge in [-0.25, -0.2) is 4.79 Å². The summed E-state index contributed by atoms with van der Waals surface area (Å²) in [5, 5.41) is 11.9. The zero-order chi connectivity index (χ0) is 24.6. The lowest BCUT2D eigenvalue weighted by Gasteiger charge is -2.28. The summed E-state index contributed by atoms with van der Waals surface area (Å²) in [4.78, 5) is 23.3. The number of hydrogen-bond donors (Lipinski definition) is 2. The zero-order valence-corrected chi connectivity index (χ0v) is 19.2. The number of ether oxygens (including phenoxy) is 1. The molecule has 2 aromatic rings. The zero-order valence-electron chi connectivity index (χ0n) is 18.4. The second-order valence-corrected chi connectivity index (χ2v) is 9.45. The Morgan fingerprint density at radius 3 is 2.53 bits per heavy atom. The van der Waals surface area contributed by atoms with Crippen molar-refractivity contribution >= 4 is 28.0 Å². The smallest absolute Gasteiger partial charge is 0.408 e. The summed E-state index contributed by atoms with van der Waals surface area (Å²) in [6.45, 7) is 0.288. The third-order valence-electron chi connectivity index (χ3n) is 5.40. The number of alkyl carbamates (subject to hydrolysis) is 1. The maximum Gasteiger partial charge on any atom is 0.408 e. The van der Waals surface area contributed by atoms with Crippen LogP contribution >= 0.6 is 0 Å². The van der Waals surface area contributed by atoms with E-state index in [1.54, 1.807) is 12.1 Å². The molecule has 9 nitrogen and oxygen atoms in total. The van der Waals surface area contributed by atoms with Gasteiger partial charge in [-0.3, -0.25) is 4.79 Å². The summed E-state index contributed by atoms with van der Waals surface area (Å²) < 4.78 is 37.5. The molecule has 0 aliphatic carbocycles. The molecule has 0 spiro atoms. The predicted octanol–water partition coefficient (Wildman–Crippen LogP) is 3.14. The van der Waals surface area contributed by atoms with Gasteiger partial charge in [0, 0.05) is 25.4 Å². The number of hydrogen-bond acceptors (Lipinski definition) is 6. The number of nitrogens with one attached hydrogen (secondary N) is 1. The van der Waals surface area contributed by atoms with E-state index >= 15 is 0 Å². The van der Waals surface area contributed by atoms with Crippen molar-refractivity contribution in [2.75, 3.05) is 13.1 Å². The summed E-state index contributed by atoms with van der Waals surface area (Å²) in [6.07, 6.45) is 0.0311. The molecule has 3 rings (SSSR count). The van der Waals surface area contributed by atoms with Crippen LogP contribution in [0, 0.1) is 17.2 Å². The number of piperidine rings is 1. The molecular formula is C23H26FN5O4S. The summed E-state index contributed by atoms with van der Waals surface area (Å²) in [7, 11) is -4.19. The Morgan fingerprint density at radius 1 is 1.21 bits per heavy atom. The lowest BCUT2D eigenvalue weighted by Crippen LogP contribution is -2.40. The number of primary amides is 1. The SMILES string of the molecule is N#C[C@H](Cc1cccc(N=[S@@](=O)(F)N2CCC(C(N)=O)CC2)c1)NC(=O)OCc1ccccc1. The van der Waals surface area contributed by atoms with Gasteiger partial charge in [0.05, 0.1) is 11.8 Å². The number of nitrogens with zero attached hydrogens (tertiary/aromatic N) is 3. The van der Waals surface area contributed by atoms with Gasteiger partial charge in [0.25, 0.3) is 10.3 Å². The third-order valence-corrected chi connectivity index (χ3v) is 6.84. The minimum absolute atomic E-state index is 0.0702. The first-order valence-corrected chi connectivity index (χ1v) is 12.1. The maximum absolute atomic E-state index is 14.9. The van der Waals surface area contributed by atoms with Crippen molar-refractivity contribution in [3.05, 3.63) is 65.7 Å². The van der Waals surface area contributed by atoms with Gasteiger partial charge < -0.3 is 15.8 Å². The van der Waals surface area contributed by atoms with Crippen molar-refractivity contribution < 1.29 is 22.4 Å². The van der Waals surface area contributed by atoms with Gasteiger partial charge in [0.1, 0.15) is 12.6 Å². The van der Waals surface area contributed by atoms with Gasteiger partial charge in [-0.2, -0.15) is 18.1 Å². The van der Waals surface area contributed by atoms with Crippen LogP contribution in [0.5, 0.6) is 0 Å². The number of carbonyl (C=O) groups excluding carboxylic acids is 2. The summed E-state index contributed by atoms with van der Waals surface area (Å²) in [5.74, 6) is -0.802. The fourth-order valence-electron chi connectivity index (χ4n) is 3.57. The Kier molecular flexibility index (Phi) is 8.56. The number of carbonyl (C=O) groups is 2. The number of rotatable bonds is 8. The highest BCUT2D eigenvalue weighted by Gasteiger charge is 2.29. The van der Waals surface area contributed by atoms with Crippen LogP contribution in [0.25, 0.3) is 0 Å². The van der Waals surface area contributed by atoms with Crippen LogP contribution in [0.2, 0.25) is 0 Å². The second-order valence-electron chi connectivity index (χ2n) is 7.89. The van der Waals surface area contributed by atoms with E-state index in [4.69, 9.17) is 10.5 Å². The summed E-state index contributed by atoms with van der Waals surface area (Å²) in [6, 6.07) is 16.5. The third kappa shape index (κ3) is 7.26. The van der Waals surface area contributed by atoms with Crippen LogP contribution in [-0.2, 0) is 32.9 Å². The standard InChI is InChI=1S/C23H26FN5O4S/c24-34(32,29-11-9-19(10-12-29)22(26)30)28-20-8-4-7-18(13-20)14-21(15-25)27-23(31)33-16-17-5-2-1-3-6-17/h1-8,13,19,21H,9-12,14,16H2,(H2,26,30)(H,27,31)/t21-,34-/m0/s1. The van der Waals surface area contributed by atoms with Crippen LogP contribution in [0.3, 0.4) is 0 Å². The lowest BCUT2D eigenvalue weighted by molar-refractivity contribution is -0.122. The molecule has 3 N–H and O–H groups in total. The van der Waals surface area contributed by atoms with Crippen LogP contribution in [0.15, 0.2) is 59.0 Å². The minimum Gasteiger partial charge on any atom is -0.445 e. The Labute approximate surface area is 198 Å². The van der Waals surface area contributed by atoms with Crippen LogP contribution in [0.1, 0.15) is 24.0 Å². The van der Waals surface area contributed by atoms with Gasteiger partial charge >= 0.3 is 6.09 Å². The molecule has 2 amide bonds. The first kappa shape index (κ1) is 25.1. The molecule has 180 valence electrons. The molecule has 0 unspecified atom stereocenters. The normalized spacial score (nSPS) is 17.1. The predicted molar refractivity (Wildman–Crippen MR) is 124 cm³/mol. The molecule has 0 bridgehead atoms. The van der Waals surface area contributed by atoms with Gasteiger partial charge in [0.2, 0.25) is 5.91 Å². The van der Waals surface area contributed by atoms with E-state index in [1.807, 2.05) is 36.4 Å². The van der Waals surface area contributed by atoms with Crippen molar-refractivity contribution in [1.29, 1.82) is 5.26 Å². The first-order chi connectivity index (χ1) is 16.3. The number of benzene rings is 2. The Bertz CT molecular complexity index is 1170. The Hall–Kier alpha value is -3.49. The molecule has 1 aliphatic rings. The monoisotopic (exact) mass is 487 g/mol. The number of halogens is 1. The average molecular weight is 488 g/mol. The first-order valence-electron chi connectivity index (χ1n) is 10.7. The largest absolute Gasteiger partial charge is 0.445 e. The van der Waals surface area contributed by atoms with Crippen molar-refractivity contribution in [3.8, 4) is 6.07 Å². The van der Waals surface area contributed by atoms with Crippen molar-refractivity contribution in [2.24, 2.45) is 16.0 Å². The molecule has 34 heavy (non-hydrogen) atoms. The maximum atomic E-state index is 14.9. The van der Waals surface area contributed by atoms with E-state index in [1.165, 1.54) is 12.1 Å². The molecule has 2 atom stereocenters. The van der Waals surface area contributed by atoms with E-state index in [2.05, 4.69) is 9.68 Å². The molecule has 1 fully saturated rings. The number of nitriles is 1. The van der Waals surface area contributed by atoms with Crippen LogP contribution in [-0.4, -0.2) is 39.6 Å². The van der Waals surface area contributed by atoms with Crippen molar-refractivity contribution in [1.82, 2.24) is 9.62 Å². The lowest BCUT2D eigenvalue weighted by atomic mass is 9.98. The topological polar surface area (TPSA) is 138 Å². The molecular weight excluding hydrogens is 461 g/mol. The molecule has 1 heterocycles. The van der Waals surface area contributed by atoms with E-state index in [0.717, 1.165) is 9.87 Å². The van der Waals surface area contributed by atoms with E-state index in [9.17, 15) is 22.9 Å². The summed E-state index contributed by atoms with van der Waals surface area (Å²) in [5.41, 5.74) is 6.84. The van der Waals surface area contributed by atoms with Crippen LogP contribution in [0.4, 0.5) is 14.4 Å². The van der Waals surface area contributed by atoms with Crippen LogP contribution < -0.4 is 11.1 Å². The van der Waals surface area contributed by atoms with Gasteiger partial charge in [-0.15, -0.1) is 3.89 Å². The number of amides is 2. The van der Waals surface area contributed by atoms with E-state index in [-0.39, 0.29) is 37.7 Å². The highest BCUT2D eigenvalue weighted by Crippen LogP contribution is 2.25. The number of nitrogens with two attached hydrogens (primary N) is 1. The minimum atomic E-state index is -4.19. The molecule has 0 aromatic heterocycles. The Balaban J connectivity index is 1.60. The molecule has 1 saturated heterocycles. The molecule has 0 radical (unpaired) electrons. The fourth-order valence-corrected chi connectivity index (χ4v) is 4.72. The molecule has 11 heteroatoms. The van der Waals surface area contributed by atoms with E-state index in [0.29, 0.717) is 18.4 Å².